The van der Waals surface area contributed by atoms with Crippen molar-refractivity contribution in [3.63, 3.8) is 0 Å². The number of hydrogen-bond donors (Lipinski definition) is 1. The second-order valence-corrected chi connectivity index (χ2v) is 4.81. The highest BCUT2D eigenvalue weighted by molar-refractivity contribution is 7.09. The first-order chi connectivity index (χ1) is 8.97. The summed E-state index contributed by atoms with van der Waals surface area (Å²) in [6.07, 6.45) is 0. The monoisotopic (exact) mass is 285 g/mol. The van der Waals surface area contributed by atoms with E-state index in [1.165, 1.54) is 11.3 Å². The van der Waals surface area contributed by atoms with Gasteiger partial charge in [-0.1, -0.05) is 0 Å². The number of aryl methyl sites for hydroxylation is 1. The van der Waals surface area contributed by atoms with Crippen molar-refractivity contribution >= 4 is 22.7 Å². The molecule has 100 valence electrons. The zero-order chi connectivity index (χ0) is 14.0. The molecule has 0 amide bonds. The quantitative estimate of drug-likeness (QED) is 0.691. The molecule has 1 heterocycles. The lowest BCUT2D eigenvalue weighted by Crippen LogP contribution is -2.05. The Bertz CT molecular complexity index is 630. The van der Waals surface area contributed by atoms with E-state index in [1.807, 2.05) is 6.92 Å². The summed E-state index contributed by atoms with van der Waals surface area (Å²) in [7, 11) is 0. The summed E-state index contributed by atoms with van der Waals surface area (Å²) in [5.74, 6) is -2.08. The minimum atomic E-state index is -1.21. The molecule has 1 aromatic heterocycles. The highest BCUT2D eigenvalue weighted by Gasteiger charge is 2.21. The average Bonchev–Trinajstić information content (AvgIpc) is 2.71. The van der Waals surface area contributed by atoms with Gasteiger partial charge >= 0.3 is 5.69 Å². The molecule has 2 rings (SSSR count). The number of nitro groups is 1. The molecule has 0 aliphatic carbocycles. The van der Waals surface area contributed by atoms with E-state index in [2.05, 4.69) is 10.3 Å². The second kappa shape index (κ2) is 5.27. The summed E-state index contributed by atoms with van der Waals surface area (Å²) in [4.78, 5) is 14.0. The van der Waals surface area contributed by atoms with Crippen molar-refractivity contribution in [1.82, 2.24) is 4.98 Å². The van der Waals surface area contributed by atoms with Gasteiger partial charge in [-0.2, -0.15) is 4.39 Å². The summed E-state index contributed by atoms with van der Waals surface area (Å²) in [5, 5.41) is 16.0. The van der Waals surface area contributed by atoms with Crippen LogP contribution in [0.25, 0.3) is 0 Å². The van der Waals surface area contributed by atoms with Crippen molar-refractivity contribution in [2.75, 3.05) is 5.32 Å². The van der Waals surface area contributed by atoms with Gasteiger partial charge < -0.3 is 5.32 Å². The van der Waals surface area contributed by atoms with Gasteiger partial charge in [0.25, 0.3) is 0 Å². The molecule has 1 aromatic carbocycles. The standard InChI is InChI=1S/C11H9F2N3O2S/c1-6-15-8(5-19-6)4-14-10-3-7(12)2-9(13)11(10)16(17)18/h2-3,5,14H,4H2,1H3. The van der Waals surface area contributed by atoms with Crippen molar-refractivity contribution in [3.8, 4) is 0 Å². The molecule has 0 fully saturated rings. The Balaban J connectivity index is 2.26. The van der Waals surface area contributed by atoms with Crippen LogP contribution in [-0.4, -0.2) is 9.91 Å². The Labute approximate surface area is 111 Å². The third-order valence-corrected chi connectivity index (χ3v) is 3.16. The molecule has 8 heteroatoms. The number of thiazole rings is 1. The van der Waals surface area contributed by atoms with Crippen LogP contribution in [0, 0.1) is 28.7 Å². The molecule has 0 spiro atoms. The fourth-order valence-electron chi connectivity index (χ4n) is 1.56. The number of anilines is 1. The molecular formula is C11H9F2N3O2S. The van der Waals surface area contributed by atoms with Crippen LogP contribution >= 0.6 is 11.3 Å². The van der Waals surface area contributed by atoms with Crippen LogP contribution in [-0.2, 0) is 6.54 Å². The van der Waals surface area contributed by atoms with E-state index in [0.29, 0.717) is 11.8 Å². The molecule has 0 aliphatic rings. The van der Waals surface area contributed by atoms with Crippen molar-refractivity contribution in [2.24, 2.45) is 0 Å². The lowest BCUT2D eigenvalue weighted by Gasteiger charge is -2.06. The van der Waals surface area contributed by atoms with Gasteiger partial charge in [0.2, 0.25) is 5.82 Å². The van der Waals surface area contributed by atoms with E-state index in [9.17, 15) is 18.9 Å². The highest BCUT2D eigenvalue weighted by Crippen LogP contribution is 2.29. The number of nitro benzene ring substituents is 1. The fraction of sp³-hybridized carbons (Fsp3) is 0.182. The van der Waals surface area contributed by atoms with E-state index in [4.69, 9.17) is 0 Å². The molecule has 1 N–H and O–H groups in total. The van der Waals surface area contributed by atoms with Crippen LogP contribution in [0.1, 0.15) is 10.7 Å². The minimum absolute atomic E-state index is 0.161. The van der Waals surface area contributed by atoms with Crippen molar-refractivity contribution < 1.29 is 13.7 Å². The molecule has 5 nitrogen and oxygen atoms in total. The predicted octanol–water partition coefficient (Wildman–Crippen LogP) is 3.25. The third-order valence-electron chi connectivity index (χ3n) is 2.34. The number of aromatic nitrogens is 1. The maximum absolute atomic E-state index is 13.4. The Kier molecular flexibility index (Phi) is 3.70. The summed E-state index contributed by atoms with van der Waals surface area (Å²) < 4.78 is 26.4. The maximum Gasteiger partial charge on any atom is 0.327 e. The van der Waals surface area contributed by atoms with Gasteiger partial charge in [0, 0.05) is 17.5 Å². The molecule has 19 heavy (non-hydrogen) atoms. The largest absolute Gasteiger partial charge is 0.374 e. The first kappa shape index (κ1) is 13.3. The topological polar surface area (TPSA) is 68.1 Å². The Hall–Kier alpha value is -2.09. The summed E-state index contributed by atoms with van der Waals surface area (Å²) in [6, 6.07) is 1.37. The maximum atomic E-state index is 13.4. The highest BCUT2D eigenvalue weighted by atomic mass is 32.1. The Morgan fingerprint density at radius 2 is 2.21 bits per heavy atom. The number of hydrogen-bond acceptors (Lipinski definition) is 5. The summed E-state index contributed by atoms with van der Waals surface area (Å²) in [6.45, 7) is 1.98. The van der Waals surface area contributed by atoms with Crippen LogP contribution < -0.4 is 5.32 Å². The number of halogens is 2. The van der Waals surface area contributed by atoms with Gasteiger partial charge in [0.15, 0.2) is 0 Å². The van der Waals surface area contributed by atoms with Crippen molar-refractivity contribution in [1.29, 1.82) is 0 Å². The van der Waals surface area contributed by atoms with Crippen molar-refractivity contribution in [3.05, 3.63) is 50.0 Å². The number of benzene rings is 1. The van der Waals surface area contributed by atoms with E-state index < -0.39 is 22.2 Å². The van der Waals surface area contributed by atoms with Crippen LogP contribution in [0.15, 0.2) is 17.5 Å². The normalized spacial score (nSPS) is 10.5. The van der Waals surface area contributed by atoms with Gasteiger partial charge in [-0.3, -0.25) is 10.1 Å². The van der Waals surface area contributed by atoms with Crippen LogP contribution in [0.4, 0.5) is 20.2 Å². The molecule has 0 saturated carbocycles. The first-order valence-electron chi connectivity index (χ1n) is 5.25. The van der Waals surface area contributed by atoms with Crippen LogP contribution in [0.5, 0.6) is 0 Å². The molecular weight excluding hydrogens is 276 g/mol. The van der Waals surface area contributed by atoms with E-state index in [1.54, 1.807) is 5.38 Å². The van der Waals surface area contributed by atoms with Gasteiger partial charge in [-0.05, 0) is 6.92 Å². The van der Waals surface area contributed by atoms with Gasteiger partial charge in [-0.15, -0.1) is 11.3 Å². The van der Waals surface area contributed by atoms with Crippen LogP contribution in [0.2, 0.25) is 0 Å². The number of nitrogens with one attached hydrogen (secondary N) is 1. The third kappa shape index (κ3) is 3.02. The molecule has 0 atom stereocenters. The number of nitrogens with zero attached hydrogens (tertiary/aromatic N) is 2. The lowest BCUT2D eigenvalue weighted by atomic mass is 10.2. The van der Waals surface area contributed by atoms with Gasteiger partial charge in [-0.25, -0.2) is 9.37 Å². The average molecular weight is 285 g/mol. The smallest absolute Gasteiger partial charge is 0.327 e. The first-order valence-corrected chi connectivity index (χ1v) is 6.13. The zero-order valence-corrected chi connectivity index (χ0v) is 10.6. The van der Waals surface area contributed by atoms with E-state index in [-0.39, 0.29) is 12.2 Å². The minimum Gasteiger partial charge on any atom is -0.374 e. The van der Waals surface area contributed by atoms with Gasteiger partial charge in [0.05, 0.1) is 22.2 Å². The molecule has 0 aliphatic heterocycles. The second-order valence-electron chi connectivity index (χ2n) is 3.75. The molecule has 0 saturated heterocycles. The lowest BCUT2D eigenvalue weighted by molar-refractivity contribution is -0.386. The number of rotatable bonds is 4. The van der Waals surface area contributed by atoms with E-state index >= 15 is 0 Å². The van der Waals surface area contributed by atoms with Gasteiger partial charge in [0.1, 0.15) is 11.5 Å². The SMILES string of the molecule is Cc1nc(CNc2cc(F)cc(F)c2[N+](=O)[O-])cs1. The van der Waals surface area contributed by atoms with Crippen molar-refractivity contribution in [2.45, 2.75) is 13.5 Å². The zero-order valence-electron chi connectivity index (χ0n) is 9.81. The molecule has 0 radical (unpaired) electrons. The summed E-state index contributed by atoms with van der Waals surface area (Å²) >= 11 is 1.42. The fourth-order valence-corrected chi connectivity index (χ4v) is 2.17. The Morgan fingerprint density at radius 3 is 2.79 bits per heavy atom. The molecule has 2 aromatic rings. The molecule has 0 bridgehead atoms. The summed E-state index contributed by atoms with van der Waals surface area (Å²) in [5.41, 5.74) is -0.317. The predicted molar refractivity (Wildman–Crippen MR) is 67.2 cm³/mol. The molecule has 0 unspecified atom stereocenters. The van der Waals surface area contributed by atoms with E-state index in [0.717, 1.165) is 11.1 Å². The Morgan fingerprint density at radius 1 is 1.47 bits per heavy atom. The van der Waals surface area contributed by atoms with Crippen LogP contribution in [0.3, 0.4) is 0 Å².